The van der Waals surface area contributed by atoms with Crippen molar-refractivity contribution in [2.45, 2.75) is 6.92 Å². The number of nitrogens with zero attached hydrogens (tertiary/aromatic N) is 3. The smallest absolute Gasteiger partial charge is 0.360 e. The van der Waals surface area contributed by atoms with Gasteiger partial charge in [-0.2, -0.15) is 0 Å². The summed E-state index contributed by atoms with van der Waals surface area (Å²) in [5.74, 6) is 0.165. The van der Waals surface area contributed by atoms with Gasteiger partial charge in [0.1, 0.15) is 12.1 Å². The molecule has 0 saturated carbocycles. The van der Waals surface area contributed by atoms with E-state index in [0.717, 1.165) is 0 Å². The molecule has 0 atom stereocenters. The van der Waals surface area contributed by atoms with E-state index in [2.05, 4.69) is 9.97 Å². The Hall–Kier alpha value is -2.57. The highest BCUT2D eigenvalue weighted by molar-refractivity contribution is 5.92. The van der Waals surface area contributed by atoms with Crippen LogP contribution < -0.4 is 10.5 Å². The van der Waals surface area contributed by atoms with Gasteiger partial charge in [0, 0.05) is 6.07 Å². The molecule has 0 amide bonds. The Labute approximate surface area is 110 Å². The molecule has 0 spiro atoms. The SMILES string of the molecule is CCOC(=O)c1ncn(-c2ccc(OC)nc2)c1N. The van der Waals surface area contributed by atoms with Gasteiger partial charge in [-0.1, -0.05) is 0 Å². The van der Waals surface area contributed by atoms with Gasteiger partial charge in [0.15, 0.2) is 5.69 Å². The Morgan fingerprint density at radius 2 is 2.21 bits per heavy atom. The lowest BCUT2D eigenvalue weighted by atomic mass is 10.4. The van der Waals surface area contributed by atoms with E-state index in [1.54, 1.807) is 29.8 Å². The number of ether oxygens (including phenoxy) is 2. The third-order valence-electron chi connectivity index (χ3n) is 2.48. The lowest BCUT2D eigenvalue weighted by molar-refractivity contribution is 0.0521. The Morgan fingerprint density at radius 3 is 2.79 bits per heavy atom. The van der Waals surface area contributed by atoms with Crippen molar-refractivity contribution in [1.82, 2.24) is 14.5 Å². The van der Waals surface area contributed by atoms with Crippen molar-refractivity contribution in [2.75, 3.05) is 19.5 Å². The maximum atomic E-state index is 11.6. The number of carbonyl (C=O) groups excluding carboxylic acids is 1. The average Bonchev–Trinajstić information content (AvgIpc) is 2.81. The number of hydrogen-bond donors (Lipinski definition) is 1. The van der Waals surface area contributed by atoms with Gasteiger partial charge in [-0.05, 0) is 13.0 Å². The summed E-state index contributed by atoms with van der Waals surface area (Å²) in [6, 6.07) is 3.46. The monoisotopic (exact) mass is 262 g/mol. The first-order valence-corrected chi connectivity index (χ1v) is 5.67. The van der Waals surface area contributed by atoms with Crippen LogP contribution >= 0.6 is 0 Å². The first kappa shape index (κ1) is 12.9. The molecule has 0 radical (unpaired) electrons. The Bertz CT molecular complexity index is 577. The number of methoxy groups -OCH3 is 1. The summed E-state index contributed by atoms with van der Waals surface area (Å²) in [4.78, 5) is 19.6. The van der Waals surface area contributed by atoms with E-state index in [9.17, 15) is 4.79 Å². The molecule has 7 nitrogen and oxygen atoms in total. The number of imidazole rings is 1. The molecular formula is C12H14N4O3. The van der Waals surface area contributed by atoms with Crippen LogP contribution in [0.1, 0.15) is 17.4 Å². The summed E-state index contributed by atoms with van der Waals surface area (Å²) in [5, 5.41) is 0. The molecule has 2 aromatic rings. The van der Waals surface area contributed by atoms with Crippen molar-refractivity contribution in [3.05, 3.63) is 30.4 Å². The largest absolute Gasteiger partial charge is 0.481 e. The molecule has 0 bridgehead atoms. The molecule has 100 valence electrons. The van der Waals surface area contributed by atoms with Gasteiger partial charge >= 0.3 is 5.97 Å². The van der Waals surface area contributed by atoms with Crippen molar-refractivity contribution in [3.8, 4) is 11.6 Å². The molecule has 0 aliphatic carbocycles. The molecule has 0 unspecified atom stereocenters. The van der Waals surface area contributed by atoms with E-state index in [-0.39, 0.29) is 18.1 Å². The van der Waals surface area contributed by atoms with Crippen LogP contribution in [0.5, 0.6) is 5.88 Å². The Morgan fingerprint density at radius 1 is 1.42 bits per heavy atom. The van der Waals surface area contributed by atoms with E-state index in [4.69, 9.17) is 15.2 Å². The zero-order valence-corrected chi connectivity index (χ0v) is 10.7. The van der Waals surface area contributed by atoms with Crippen LogP contribution in [0.3, 0.4) is 0 Å². The minimum atomic E-state index is -0.541. The summed E-state index contributed by atoms with van der Waals surface area (Å²) >= 11 is 0. The Balaban J connectivity index is 2.32. The minimum absolute atomic E-state index is 0.0951. The van der Waals surface area contributed by atoms with E-state index in [0.29, 0.717) is 11.6 Å². The predicted molar refractivity (Wildman–Crippen MR) is 68.3 cm³/mol. The van der Waals surface area contributed by atoms with Gasteiger partial charge in [-0.25, -0.2) is 14.8 Å². The van der Waals surface area contributed by atoms with Crippen LogP contribution in [0.2, 0.25) is 0 Å². The quantitative estimate of drug-likeness (QED) is 0.827. The minimum Gasteiger partial charge on any atom is -0.481 e. The summed E-state index contributed by atoms with van der Waals surface area (Å²) in [7, 11) is 1.53. The maximum Gasteiger partial charge on any atom is 0.360 e. The van der Waals surface area contributed by atoms with Crippen LogP contribution in [-0.4, -0.2) is 34.2 Å². The summed E-state index contributed by atoms with van der Waals surface area (Å²) in [5.41, 5.74) is 6.65. The molecular weight excluding hydrogens is 248 g/mol. The van der Waals surface area contributed by atoms with Crippen LogP contribution in [0.25, 0.3) is 5.69 Å². The highest BCUT2D eigenvalue weighted by Gasteiger charge is 2.17. The van der Waals surface area contributed by atoms with Gasteiger partial charge in [0.2, 0.25) is 5.88 Å². The molecule has 7 heteroatoms. The average molecular weight is 262 g/mol. The topological polar surface area (TPSA) is 92.3 Å². The van der Waals surface area contributed by atoms with Gasteiger partial charge in [-0.3, -0.25) is 4.57 Å². The number of pyridine rings is 1. The van der Waals surface area contributed by atoms with Crippen molar-refractivity contribution in [2.24, 2.45) is 0 Å². The number of nitrogen functional groups attached to an aromatic ring is 1. The second-order valence-corrected chi connectivity index (χ2v) is 3.63. The second-order valence-electron chi connectivity index (χ2n) is 3.63. The highest BCUT2D eigenvalue weighted by atomic mass is 16.5. The van der Waals surface area contributed by atoms with Gasteiger partial charge in [0.25, 0.3) is 0 Å². The van der Waals surface area contributed by atoms with Crippen LogP contribution in [0.15, 0.2) is 24.7 Å². The van der Waals surface area contributed by atoms with Crippen LogP contribution in [0.4, 0.5) is 5.82 Å². The third kappa shape index (κ3) is 2.49. The number of hydrogen-bond acceptors (Lipinski definition) is 6. The summed E-state index contributed by atoms with van der Waals surface area (Å²) < 4.78 is 11.4. The standard InChI is InChI=1S/C12H14N4O3/c1-3-19-12(17)10-11(13)16(7-15-10)8-4-5-9(18-2)14-6-8/h4-7H,3,13H2,1-2H3. The zero-order valence-electron chi connectivity index (χ0n) is 10.7. The normalized spacial score (nSPS) is 10.2. The first-order chi connectivity index (χ1) is 9.17. The number of esters is 1. The van der Waals surface area contributed by atoms with Crippen molar-refractivity contribution in [3.63, 3.8) is 0 Å². The lowest BCUT2D eigenvalue weighted by Crippen LogP contribution is -2.09. The van der Waals surface area contributed by atoms with Gasteiger partial charge in [0.05, 0.1) is 25.6 Å². The summed E-state index contributed by atoms with van der Waals surface area (Å²) in [6.07, 6.45) is 3.02. The highest BCUT2D eigenvalue weighted by Crippen LogP contribution is 2.18. The number of rotatable bonds is 4. The molecule has 0 aliphatic heterocycles. The molecule has 2 aromatic heterocycles. The Kier molecular flexibility index (Phi) is 3.65. The third-order valence-corrected chi connectivity index (χ3v) is 2.48. The predicted octanol–water partition coefficient (Wildman–Crippen LogP) is 1.03. The van der Waals surface area contributed by atoms with E-state index in [1.165, 1.54) is 13.4 Å². The fourth-order valence-electron chi connectivity index (χ4n) is 1.56. The zero-order chi connectivity index (χ0) is 13.8. The van der Waals surface area contributed by atoms with Crippen molar-refractivity contribution < 1.29 is 14.3 Å². The second kappa shape index (κ2) is 5.38. The molecule has 19 heavy (non-hydrogen) atoms. The van der Waals surface area contributed by atoms with Gasteiger partial charge < -0.3 is 15.2 Å². The maximum absolute atomic E-state index is 11.6. The fraction of sp³-hybridized carbons (Fsp3) is 0.250. The van der Waals surface area contributed by atoms with E-state index >= 15 is 0 Å². The van der Waals surface area contributed by atoms with Crippen molar-refractivity contribution >= 4 is 11.8 Å². The molecule has 0 fully saturated rings. The van der Waals surface area contributed by atoms with Crippen LogP contribution in [-0.2, 0) is 4.74 Å². The number of aromatic nitrogens is 3. The molecule has 0 aliphatic rings. The van der Waals surface area contributed by atoms with Gasteiger partial charge in [-0.15, -0.1) is 0 Å². The van der Waals surface area contributed by atoms with Crippen molar-refractivity contribution in [1.29, 1.82) is 0 Å². The lowest BCUT2D eigenvalue weighted by Gasteiger charge is -2.06. The van der Waals surface area contributed by atoms with E-state index in [1.807, 2.05) is 0 Å². The number of carbonyl (C=O) groups is 1. The summed E-state index contributed by atoms with van der Waals surface area (Å²) in [6.45, 7) is 1.99. The fourth-order valence-corrected chi connectivity index (χ4v) is 1.56. The first-order valence-electron chi connectivity index (χ1n) is 5.67. The van der Waals surface area contributed by atoms with Crippen LogP contribution in [0, 0.1) is 0 Å². The number of nitrogens with two attached hydrogens (primary N) is 1. The molecule has 0 saturated heterocycles. The molecule has 2 rings (SSSR count). The molecule has 2 N–H and O–H groups in total. The van der Waals surface area contributed by atoms with E-state index < -0.39 is 5.97 Å². The number of anilines is 1. The molecule has 2 heterocycles. The molecule has 0 aromatic carbocycles.